The number of nitrogens with two attached hydrogens (primary N) is 1. The summed E-state index contributed by atoms with van der Waals surface area (Å²) < 4.78 is 0. The van der Waals surface area contributed by atoms with Crippen LogP contribution in [-0.4, -0.2) is 11.7 Å². The molecule has 0 bridgehead atoms. The highest BCUT2D eigenvalue weighted by Crippen LogP contribution is 2.11. The molecule has 0 saturated heterocycles. The molecule has 0 saturated carbocycles. The standard InChI is InChI=1S/C4H12NP/c1-4(2,6)3-5/h3,5-6H2,1-2H3. The molecule has 6 heavy (non-hydrogen) atoms. The van der Waals surface area contributed by atoms with Crippen LogP contribution < -0.4 is 5.73 Å². The van der Waals surface area contributed by atoms with Crippen LogP contribution in [0.25, 0.3) is 0 Å². The molecule has 0 rings (SSSR count). The van der Waals surface area contributed by atoms with Gasteiger partial charge < -0.3 is 5.73 Å². The van der Waals surface area contributed by atoms with E-state index in [9.17, 15) is 0 Å². The Morgan fingerprint density at radius 1 is 1.67 bits per heavy atom. The smallest absolute Gasteiger partial charge is 0.000871 e. The molecule has 1 unspecified atom stereocenters. The topological polar surface area (TPSA) is 26.0 Å². The zero-order valence-electron chi connectivity index (χ0n) is 4.36. The predicted octanol–water partition coefficient (Wildman–Crippen LogP) is 0.599. The summed E-state index contributed by atoms with van der Waals surface area (Å²) in [4.78, 5) is 0. The summed E-state index contributed by atoms with van der Waals surface area (Å²) in [6, 6.07) is 0. The second kappa shape index (κ2) is 1.90. The minimum Gasteiger partial charge on any atom is -0.330 e. The van der Waals surface area contributed by atoms with Crippen LogP contribution >= 0.6 is 9.24 Å². The van der Waals surface area contributed by atoms with E-state index in [2.05, 4.69) is 23.1 Å². The molecule has 1 atom stereocenters. The average molecular weight is 105 g/mol. The van der Waals surface area contributed by atoms with Crippen LogP contribution in [0.3, 0.4) is 0 Å². The molecule has 2 heteroatoms. The predicted molar refractivity (Wildman–Crippen MR) is 32.8 cm³/mol. The maximum atomic E-state index is 5.28. The molecule has 0 heterocycles. The van der Waals surface area contributed by atoms with E-state index in [1.165, 1.54) is 0 Å². The van der Waals surface area contributed by atoms with Crippen LogP contribution in [0.1, 0.15) is 13.8 Å². The van der Waals surface area contributed by atoms with Crippen molar-refractivity contribution in [3.63, 3.8) is 0 Å². The highest BCUT2D eigenvalue weighted by Gasteiger charge is 2.04. The van der Waals surface area contributed by atoms with Crippen LogP contribution in [0.15, 0.2) is 0 Å². The van der Waals surface area contributed by atoms with Crippen LogP contribution in [0.2, 0.25) is 0 Å². The summed E-state index contributed by atoms with van der Waals surface area (Å²) in [5.74, 6) is 0. The van der Waals surface area contributed by atoms with Crippen molar-refractivity contribution in [1.82, 2.24) is 0 Å². The van der Waals surface area contributed by atoms with Crippen molar-refractivity contribution in [2.75, 3.05) is 6.54 Å². The van der Waals surface area contributed by atoms with Gasteiger partial charge in [0.2, 0.25) is 0 Å². The van der Waals surface area contributed by atoms with Crippen molar-refractivity contribution < 1.29 is 0 Å². The van der Waals surface area contributed by atoms with Crippen LogP contribution in [0.4, 0.5) is 0 Å². The van der Waals surface area contributed by atoms with Crippen LogP contribution in [0, 0.1) is 0 Å². The van der Waals surface area contributed by atoms with Crippen molar-refractivity contribution in [2.45, 2.75) is 19.0 Å². The number of rotatable bonds is 1. The van der Waals surface area contributed by atoms with Crippen LogP contribution in [0.5, 0.6) is 0 Å². The van der Waals surface area contributed by atoms with Gasteiger partial charge in [0.15, 0.2) is 0 Å². The fourth-order valence-electron chi connectivity index (χ4n) is 0. The maximum absolute atomic E-state index is 5.28. The monoisotopic (exact) mass is 105 g/mol. The summed E-state index contributed by atoms with van der Waals surface area (Å²) >= 11 is 0. The number of hydrogen-bond acceptors (Lipinski definition) is 1. The van der Waals surface area contributed by atoms with Crippen molar-refractivity contribution in [1.29, 1.82) is 0 Å². The van der Waals surface area contributed by atoms with Crippen molar-refractivity contribution in [2.24, 2.45) is 5.73 Å². The van der Waals surface area contributed by atoms with E-state index in [0.717, 1.165) is 6.54 Å². The maximum Gasteiger partial charge on any atom is 0.000871 e. The second-order valence-corrected chi connectivity index (χ2v) is 3.76. The van der Waals surface area contributed by atoms with Gasteiger partial charge in [-0.15, -0.1) is 9.24 Å². The Balaban J connectivity index is 3.17. The first kappa shape index (κ1) is 6.39. The van der Waals surface area contributed by atoms with Gasteiger partial charge in [0.05, 0.1) is 0 Å². The van der Waals surface area contributed by atoms with E-state index in [4.69, 9.17) is 5.73 Å². The van der Waals surface area contributed by atoms with Gasteiger partial charge in [-0.1, -0.05) is 13.8 Å². The highest BCUT2D eigenvalue weighted by atomic mass is 31.0. The Hall–Kier alpha value is 0.390. The lowest BCUT2D eigenvalue weighted by molar-refractivity contribution is 0.723. The molecule has 38 valence electrons. The first-order valence-corrected chi connectivity index (χ1v) is 2.63. The molecule has 0 amide bonds. The lowest BCUT2D eigenvalue weighted by Crippen LogP contribution is -2.22. The first-order chi connectivity index (χ1) is 2.56. The van der Waals surface area contributed by atoms with Crippen molar-refractivity contribution in [3.05, 3.63) is 0 Å². The Labute approximate surface area is 41.5 Å². The fraction of sp³-hybridized carbons (Fsp3) is 1.00. The number of hydrogen-bond donors (Lipinski definition) is 1. The Bertz CT molecular complexity index is 37.3. The SMILES string of the molecule is CC(C)(P)CN. The summed E-state index contributed by atoms with van der Waals surface area (Å²) in [7, 11) is 2.67. The van der Waals surface area contributed by atoms with Crippen molar-refractivity contribution >= 4 is 9.24 Å². The van der Waals surface area contributed by atoms with Crippen LogP contribution in [-0.2, 0) is 0 Å². The molecule has 0 aromatic heterocycles. The van der Waals surface area contributed by atoms with E-state index >= 15 is 0 Å². The molecule has 0 fully saturated rings. The van der Waals surface area contributed by atoms with E-state index in [1.807, 2.05) is 0 Å². The normalized spacial score (nSPS) is 12.0. The molecule has 0 aliphatic carbocycles. The molecule has 0 radical (unpaired) electrons. The third-order valence-corrected chi connectivity index (χ3v) is 0.762. The van der Waals surface area contributed by atoms with E-state index in [0.29, 0.717) is 0 Å². The zero-order chi connectivity index (χ0) is 5.21. The summed E-state index contributed by atoms with van der Waals surface area (Å²) in [5, 5.41) is 0.236. The zero-order valence-corrected chi connectivity index (χ0v) is 5.52. The largest absolute Gasteiger partial charge is 0.330 e. The molecule has 1 nitrogen and oxygen atoms in total. The molecule has 0 spiro atoms. The minimum absolute atomic E-state index is 0.236. The fourth-order valence-corrected chi connectivity index (χ4v) is 0. The third kappa shape index (κ3) is 4.39. The molecular formula is C4H12NP. The van der Waals surface area contributed by atoms with Gasteiger partial charge in [0.25, 0.3) is 0 Å². The van der Waals surface area contributed by atoms with Crippen molar-refractivity contribution in [3.8, 4) is 0 Å². The lowest BCUT2D eigenvalue weighted by atomic mass is 10.2. The quantitative estimate of drug-likeness (QED) is 0.485. The summed E-state index contributed by atoms with van der Waals surface area (Å²) in [6.45, 7) is 4.90. The Morgan fingerprint density at radius 3 is 1.83 bits per heavy atom. The average Bonchev–Trinajstić information content (AvgIpc) is 1.35. The second-order valence-electron chi connectivity index (χ2n) is 2.19. The highest BCUT2D eigenvalue weighted by molar-refractivity contribution is 7.18. The van der Waals surface area contributed by atoms with Gasteiger partial charge >= 0.3 is 0 Å². The molecule has 0 aliphatic heterocycles. The third-order valence-electron chi connectivity index (χ3n) is 0.526. The Morgan fingerprint density at radius 2 is 1.83 bits per heavy atom. The summed E-state index contributed by atoms with van der Waals surface area (Å²) in [6.07, 6.45) is 0. The Kier molecular flexibility index (Phi) is 2.03. The lowest BCUT2D eigenvalue weighted by Gasteiger charge is -2.12. The summed E-state index contributed by atoms with van der Waals surface area (Å²) in [5.41, 5.74) is 5.28. The molecule has 2 N–H and O–H groups in total. The van der Waals surface area contributed by atoms with E-state index in [-0.39, 0.29) is 5.16 Å². The van der Waals surface area contributed by atoms with Gasteiger partial charge in [0, 0.05) is 6.54 Å². The van der Waals surface area contributed by atoms with Gasteiger partial charge in [-0.25, -0.2) is 0 Å². The van der Waals surface area contributed by atoms with Gasteiger partial charge in [0.1, 0.15) is 0 Å². The minimum atomic E-state index is 0.236. The molecule has 0 aliphatic rings. The molecule has 0 aromatic rings. The van der Waals surface area contributed by atoms with Gasteiger partial charge in [-0.3, -0.25) is 0 Å². The first-order valence-electron chi connectivity index (χ1n) is 2.05. The van der Waals surface area contributed by atoms with E-state index < -0.39 is 0 Å². The van der Waals surface area contributed by atoms with Gasteiger partial charge in [-0.2, -0.15) is 0 Å². The molecule has 0 aromatic carbocycles. The van der Waals surface area contributed by atoms with E-state index in [1.54, 1.807) is 0 Å². The molecular weight excluding hydrogens is 93.0 g/mol. The van der Waals surface area contributed by atoms with Gasteiger partial charge in [-0.05, 0) is 5.16 Å².